The molecule has 0 saturated heterocycles. The Balaban J connectivity index is 1.34. The first-order valence-electron chi connectivity index (χ1n) is 13.7. The fourth-order valence-corrected chi connectivity index (χ4v) is 8.88. The summed E-state index contributed by atoms with van der Waals surface area (Å²) in [6.45, 7) is 8.82. The highest BCUT2D eigenvalue weighted by Gasteiger charge is 2.61. The second-order valence-electron chi connectivity index (χ2n) is 13.7. The van der Waals surface area contributed by atoms with Crippen molar-refractivity contribution in [3.05, 3.63) is 0 Å². The number of hydrogen-bond donors (Lipinski definition) is 2. The normalized spacial score (nSPS) is 44.6. The van der Waals surface area contributed by atoms with Gasteiger partial charge in [-0.15, -0.1) is 0 Å². The molecule has 0 aromatic carbocycles. The van der Waals surface area contributed by atoms with E-state index in [0.29, 0.717) is 29.6 Å². The van der Waals surface area contributed by atoms with E-state index in [1.807, 2.05) is 0 Å². The van der Waals surface area contributed by atoms with Crippen LogP contribution in [0, 0.1) is 46.3 Å². The minimum Gasteiger partial charge on any atom is -0.393 e. The smallest absolute Gasteiger partial charge is 0.393 e. The van der Waals surface area contributed by atoms with E-state index in [0.717, 1.165) is 37.5 Å². The van der Waals surface area contributed by atoms with Gasteiger partial charge in [-0.1, -0.05) is 40.5 Å². The summed E-state index contributed by atoms with van der Waals surface area (Å²) in [5, 5.41) is 20.6. The van der Waals surface area contributed by atoms with Crippen molar-refractivity contribution in [2.75, 3.05) is 0 Å². The Morgan fingerprint density at radius 2 is 1.58 bits per heavy atom. The van der Waals surface area contributed by atoms with E-state index < -0.39 is 11.8 Å². The van der Waals surface area contributed by atoms with Crippen molar-refractivity contribution in [3.8, 4) is 0 Å². The minimum absolute atomic E-state index is 0.0439. The van der Waals surface area contributed by atoms with Gasteiger partial charge in [0.15, 0.2) is 5.60 Å². The van der Waals surface area contributed by atoms with Gasteiger partial charge in [-0.3, -0.25) is 0 Å². The van der Waals surface area contributed by atoms with E-state index in [2.05, 4.69) is 27.7 Å². The van der Waals surface area contributed by atoms with Gasteiger partial charge >= 0.3 is 6.18 Å². The molecular formula is C28H47F3O2. The van der Waals surface area contributed by atoms with Crippen LogP contribution in [0.25, 0.3) is 0 Å². The lowest BCUT2D eigenvalue weighted by Crippen LogP contribution is -2.55. The molecule has 5 heteroatoms. The predicted molar refractivity (Wildman–Crippen MR) is 126 cm³/mol. The molecule has 4 aliphatic rings. The molecule has 0 unspecified atom stereocenters. The Bertz CT molecular complexity index is 686. The maximum atomic E-state index is 13.5. The van der Waals surface area contributed by atoms with Crippen LogP contribution >= 0.6 is 0 Å². The van der Waals surface area contributed by atoms with Gasteiger partial charge in [0.2, 0.25) is 0 Å². The van der Waals surface area contributed by atoms with Crippen LogP contribution in [0.3, 0.4) is 0 Å². The summed E-state index contributed by atoms with van der Waals surface area (Å²) < 4.78 is 40.4. The molecule has 9 atom stereocenters. The van der Waals surface area contributed by atoms with Gasteiger partial charge in [0.05, 0.1) is 6.10 Å². The molecule has 192 valence electrons. The fraction of sp³-hybridized carbons (Fsp3) is 1.00. The zero-order valence-electron chi connectivity index (χ0n) is 21.3. The van der Waals surface area contributed by atoms with Crippen LogP contribution in [-0.2, 0) is 0 Å². The van der Waals surface area contributed by atoms with Crippen molar-refractivity contribution in [2.24, 2.45) is 46.3 Å². The zero-order valence-corrected chi connectivity index (χ0v) is 21.3. The van der Waals surface area contributed by atoms with Crippen LogP contribution in [0.4, 0.5) is 13.2 Å². The first kappa shape index (κ1) is 25.8. The highest BCUT2D eigenvalue weighted by Crippen LogP contribution is 2.65. The van der Waals surface area contributed by atoms with E-state index in [9.17, 15) is 23.4 Å². The van der Waals surface area contributed by atoms with Gasteiger partial charge in [0, 0.05) is 0 Å². The van der Waals surface area contributed by atoms with E-state index in [1.165, 1.54) is 38.5 Å². The second kappa shape index (κ2) is 8.98. The fourth-order valence-electron chi connectivity index (χ4n) is 8.88. The van der Waals surface area contributed by atoms with Crippen molar-refractivity contribution < 1.29 is 23.4 Å². The third-order valence-electron chi connectivity index (χ3n) is 11.0. The van der Waals surface area contributed by atoms with Gasteiger partial charge in [-0.25, -0.2) is 0 Å². The Morgan fingerprint density at radius 3 is 2.24 bits per heavy atom. The van der Waals surface area contributed by atoms with Crippen LogP contribution in [0.1, 0.15) is 111 Å². The van der Waals surface area contributed by atoms with Crippen molar-refractivity contribution >= 4 is 0 Å². The summed E-state index contributed by atoms with van der Waals surface area (Å²) in [4.78, 5) is 0. The van der Waals surface area contributed by atoms with Gasteiger partial charge in [-0.2, -0.15) is 13.2 Å². The van der Waals surface area contributed by atoms with Gasteiger partial charge in [0.25, 0.3) is 0 Å². The van der Waals surface area contributed by atoms with Crippen LogP contribution in [-0.4, -0.2) is 28.1 Å². The molecule has 0 aliphatic heterocycles. The molecule has 0 radical (unpaired) electrons. The first-order valence-corrected chi connectivity index (χ1v) is 13.7. The van der Waals surface area contributed by atoms with Gasteiger partial charge in [0.1, 0.15) is 0 Å². The van der Waals surface area contributed by atoms with E-state index >= 15 is 0 Å². The third-order valence-corrected chi connectivity index (χ3v) is 11.0. The lowest BCUT2D eigenvalue weighted by atomic mass is 9.49. The van der Waals surface area contributed by atoms with Gasteiger partial charge in [-0.05, 0) is 117 Å². The topological polar surface area (TPSA) is 40.5 Å². The standard InChI is InChI=1S/C28H47F3O2/c1-25(2,3)24(32)8-6-5-7-19-10-12-23-22-11-9-18-17-27(33,28(29,30)31)16-14-20(18)21(22)13-15-26(19,23)4/h18-24,32-33H,5-17H2,1-4H3/t18-,19-,20-,21+,22+,23-,24-,26+,27-/m0/s1. The number of aliphatic hydroxyl groups is 2. The number of hydrogen-bond acceptors (Lipinski definition) is 2. The number of rotatable bonds is 5. The number of halogens is 3. The summed E-state index contributed by atoms with van der Waals surface area (Å²) in [5.74, 6) is 3.16. The maximum absolute atomic E-state index is 13.5. The molecule has 4 rings (SSSR count). The number of fused-ring (bicyclic) bond motifs is 5. The molecule has 0 aromatic rings. The molecule has 0 heterocycles. The van der Waals surface area contributed by atoms with E-state index in [1.54, 1.807) is 0 Å². The Morgan fingerprint density at radius 1 is 0.879 bits per heavy atom. The quantitative estimate of drug-likeness (QED) is 0.406. The summed E-state index contributed by atoms with van der Waals surface area (Å²) >= 11 is 0. The third kappa shape index (κ3) is 4.76. The maximum Gasteiger partial charge on any atom is 0.417 e. The largest absolute Gasteiger partial charge is 0.417 e. The molecule has 0 amide bonds. The van der Waals surface area contributed by atoms with Crippen molar-refractivity contribution in [1.82, 2.24) is 0 Å². The van der Waals surface area contributed by atoms with Crippen LogP contribution in [0.5, 0.6) is 0 Å². The first-order chi connectivity index (χ1) is 15.3. The number of unbranched alkanes of at least 4 members (excludes halogenated alkanes) is 1. The number of aliphatic hydroxyl groups excluding tert-OH is 1. The highest BCUT2D eigenvalue weighted by molar-refractivity contribution is 5.07. The lowest BCUT2D eigenvalue weighted by Gasteiger charge is -2.57. The SMILES string of the molecule is CC(C)(C)[C@@H](O)CCCC[C@H]1CC[C@H]2[C@@H]3CC[C@H]4C[C@](O)(C(F)(F)F)CC[C@@H]4[C@H]3CC[C@]12C. The van der Waals surface area contributed by atoms with Gasteiger partial charge < -0.3 is 10.2 Å². The predicted octanol–water partition coefficient (Wildman–Crippen LogP) is 7.52. The molecular weight excluding hydrogens is 425 g/mol. The summed E-state index contributed by atoms with van der Waals surface area (Å²) in [7, 11) is 0. The van der Waals surface area contributed by atoms with Crippen LogP contribution < -0.4 is 0 Å². The molecule has 0 spiro atoms. The summed E-state index contributed by atoms with van der Waals surface area (Å²) in [6.07, 6.45) is 6.96. The van der Waals surface area contributed by atoms with Crippen LogP contribution in [0.2, 0.25) is 0 Å². The van der Waals surface area contributed by atoms with E-state index in [4.69, 9.17) is 0 Å². The summed E-state index contributed by atoms with van der Waals surface area (Å²) in [6, 6.07) is 0. The lowest BCUT2D eigenvalue weighted by molar-refractivity contribution is -0.282. The zero-order chi connectivity index (χ0) is 24.2. The average Bonchev–Trinajstić information content (AvgIpc) is 3.05. The van der Waals surface area contributed by atoms with E-state index in [-0.39, 0.29) is 30.3 Å². The molecule has 4 aliphatic carbocycles. The highest BCUT2D eigenvalue weighted by atomic mass is 19.4. The monoisotopic (exact) mass is 472 g/mol. The molecule has 2 nitrogen and oxygen atoms in total. The summed E-state index contributed by atoms with van der Waals surface area (Å²) in [5.41, 5.74) is -2.11. The molecule has 33 heavy (non-hydrogen) atoms. The second-order valence-corrected chi connectivity index (χ2v) is 13.7. The molecule has 0 bridgehead atoms. The molecule has 4 saturated carbocycles. The molecule has 0 aromatic heterocycles. The van der Waals surface area contributed by atoms with Crippen molar-refractivity contribution in [1.29, 1.82) is 0 Å². The minimum atomic E-state index is -4.50. The van der Waals surface area contributed by atoms with Crippen molar-refractivity contribution in [2.45, 2.75) is 129 Å². The Labute approximate surface area is 199 Å². The van der Waals surface area contributed by atoms with Crippen molar-refractivity contribution in [3.63, 3.8) is 0 Å². The number of alkyl halides is 3. The molecule has 4 fully saturated rings. The van der Waals surface area contributed by atoms with Crippen LogP contribution in [0.15, 0.2) is 0 Å². The Kier molecular flexibility index (Phi) is 7.02. The average molecular weight is 473 g/mol. The molecule has 2 N–H and O–H groups in total. The Hall–Kier alpha value is -0.290.